The predicted molar refractivity (Wildman–Crippen MR) is 59.6 cm³/mol. The van der Waals surface area contributed by atoms with E-state index in [9.17, 15) is 4.79 Å². The van der Waals surface area contributed by atoms with Crippen LogP contribution in [0.25, 0.3) is 11.3 Å². The molecule has 0 fully saturated rings. The largest absolute Gasteiger partial charge is 0.476 e. The molecule has 0 aliphatic heterocycles. The van der Waals surface area contributed by atoms with E-state index in [-0.39, 0.29) is 5.69 Å². The highest BCUT2D eigenvalue weighted by Crippen LogP contribution is 2.12. The van der Waals surface area contributed by atoms with Gasteiger partial charge in [-0.15, -0.1) is 5.10 Å². The number of aromatic nitrogens is 6. The molecule has 3 aromatic rings. The van der Waals surface area contributed by atoms with Gasteiger partial charge >= 0.3 is 5.97 Å². The van der Waals surface area contributed by atoms with Gasteiger partial charge in [0.05, 0.1) is 18.1 Å². The van der Waals surface area contributed by atoms with E-state index in [1.807, 2.05) is 6.92 Å². The molecule has 0 aliphatic carbocycles. The van der Waals surface area contributed by atoms with E-state index in [1.165, 1.54) is 16.9 Å². The molecule has 0 atom stereocenters. The van der Waals surface area contributed by atoms with Crippen LogP contribution in [0.3, 0.4) is 0 Å². The van der Waals surface area contributed by atoms with E-state index in [2.05, 4.69) is 20.4 Å². The number of rotatable bonds is 2. The number of aromatic carboxylic acids is 1. The molecule has 0 aromatic carbocycles. The number of hydrogen-bond donors (Lipinski definition) is 1. The molecule has 3 rings (SSSR count). The second kappa shape index (κ2) is 3.62. The summed E-state index contributed by atoms with van der Waals surface area (Å²) < 4.78 is 2.97. The van der Waals surface area contributed by atoms with E-state index >= 15 is 0 Å². The third kappa shape index (κ3) is 1.51. The van der Waals surface area contributed by atoms with Crippen LogP contribution in [0.1, 0.15) is 16.2 Å². The van der Waals surface area contributed by atoms with Gasteiger partial charge in [0.15, 0.2) is 11.5 Å². The van der Waals surface area contributed by atoms with Crippen molar-refractivity contribution in [1.82, 2.24) is 29.6 Å². The minimum Gasteiger partial charge on any atom is -0.476 e. The second-order valence-corrected chi connectivity index (χ2v) is 3.72. The number of aryl methyl sites for hydroxylation is 1. The van der Waals surface area contributed by atoms with Crippen LogP contribution in [-0.4, -0.2) is 40.7 Å². The summed E-state index contributed by atoms with van der Waals surface area (Å²) >= 11 is 0. The average molecular weight is 244 g/mol. The molecule has 8 nitrogen and oxygen atoms in total. The van der Waals surface area contributed by atoms with Crippen molar-refractivity contribution in [3.8, 4) is 5.82 Å². The molecule has 0 bridgehead atoms. The van der Waals surface area contributed by atoms with E-state index in [1.54, 1.807) is 16.9 Å². The topological polar surface area (TPSA) is 98.2 Å². The summed E-state index contributed by atoms with van der Waals surface area (Å²) in [6.07, 6.45) is 4.82. The van der Waals surface area contributed by atoms with Crippen molar-refractivity contribution in [2.45, 2.75) is 6.92 Å². The Hall–Kier alpha value is -2.77. The normalized spacial score (nSPS) is 10.9. The summed E-state index contributed by atoms with van der Waals surface area (Å²) in [6.45, 7) is 1.81. The fourth-order valence-electron chi connectivity index (χ4n) is 1.65. The van der Waals surface area contributed by atoms with Crippen molar-refractivity contribution in [1.29, 1.82) is 0 Å². The maximum Gasteiger partial charge on any atom is 0.356 e. The molecule has 90 valence electrons. The summed E-state index contributed by atoms with van der Waals surface area (Å²) in [5, 5.41) is 20.4. The molecule has 8 heteroatoms. The average Bonchev–Trinajstić information content (AvgIpc) is 2.95. The van der Waals surface area contributed by atoms with Gasteiger partial charge in [-0.3, -0.25) is 0 Å². The zero-order chi connectivity index (χ0) is 12.7. The number of nitrogens with zero attached hydrogens (tertiary/aromatic N) is 6. The molecular weight excluding hydrogens is 236 g/mol. The predicted octanol–water partition coefficient (Wildman–Crippen LogP) is 0.317. The fraction of sp³-hybridized carbons (Fsp3) is 0.100. The molecule has 0 aliphatic rings. The van der Waals surface area contributed by atoms with Crippen LogP contribution in [0.5, 0.6) is 0 Å². The van der Waals surface area contributed by atoms with Gasteiger partial charge in [0, 0.05) is 6.20 Å². The molecular formula is C10H8N6O2. The molecule has 0 saturated carbocycles. The van der Waals surface area contributed by atoms with Gasteiger partial charge in [0.2, 0.25) is 0 Å². The maximum atomic E-state index is 10.8. The molecule has 0 saturated heterocycles. The number of carboxylic acid groups (broad SMARTS) is 1. The Morgan fingerprint density at radius 3 is 3.00 bits per heavy atom. The summed E-state index contributed by atoms with van der Waals surface area (Å²) in [4.78, 5) is 15.1. The van der Waals surface area contributed by atoms with Crippen molar-refractivity contribution >= 4 is 11.5 Å². The first-order chi connectivity index (χ1) is 8.65. The fourth-order valence-corrected chi connectivity index (χ4v) is 1.65. The molecule has 1 N–H and O–H groups in total. The standard InChI is InChI=1S/C10H8N6O2/c1-6-5-16-8(4-11-14-16)9(12-6)15-3-2-7(13-15)10(17)18/h2-5H,1H3,(H,17,18). The first-order valence-corrected chi connectivity index (χ1v) is 5.12. The van der Waals surface area contributed by atoms with Crippen LogP contribution in [0.2, 0.25) is 0 Å². The zero-order valence-electron chi connectivity index (χ0n) is 9.35. The molecule has 0 radical (unpaired) electrons. The summed E-state index contributed by atoms with van der Waals surface area (Å²) in [7, 11) is 0. The molecule has 0 amide bonds. The van der Waals surface area contributed by atoms with Crippen LogP contribution in [0, 0.1) is 6.92 Å². The summed E-state index contributed by atoms with van der Waals surface area (Å²) in [6, 6.07) is 1.41. The second-order valence-electron chi connectivity index (χ2n) is 3.72. The van der Waals surface area contributed by atoms with E-state index in [0.717, 1.165) is 5.69 Å². The molecule has 3 heterocycles. The van der Waals surface area contributed by atoms with Gasteiger partial charge in [0.25, 0.3) is 0 Å². The lowest BCUT2D eigenvalue weighted by Gasteiger charge is -2.03. The monoisotopic (exact) mass is 244 g/mol. The van der Waals surface area contributed by atoms with E-state index in [0.29, 0.717) is 11.3 Å². The Morgan fingerprint density at radius 1 is 1.44 bits per heavy atom. The van der Waals surface area contributed by atoms with Crippen LogP contribution >= 0.6 is 0 Å². The minimum absolute atomic E-state index is 0.0380. The first-order valence-electron chi connectivity index (χ1n) is 5.12. The van der Waals surface area contributed by atoms with Gasteiger partial charge < -0.3 is 5.11 Å². The SMILES string of the molecule is Cc1cn2nncc2c(-n2ccc(C(=O)O)n2)n1. The maximum absolute atomic E-state index is 10.8. The van der Waals surface area contributed by atoms with Crippen molar-refractivity contribution in [2.75, 3.05) is 0 Å². The zero-order valence-corrected chi connectivity index (χ0v) is 9.35. The lowest BCUT2D eigenvalue weighted by molar-refractivity contribution is 0.0690. The van der Waals surface area contributed by atoms with Crippen LogP contribution in [0.4, 0.5) is 0 Å². The lowest BCUT2D eigenvalue weighted by atomic mass is 10.4. The molecule has 0 spiro atoms. The Bertz CT molecular complexity index is 744. The molecule has 3 aromatic heterocycles. The highest BCUT2D eigenvalue weighted by Gasteiger charge is 2.12. The Morgan fingerprint density at radius 2 is 2.28 bits per heavy atom. The van der Waals surface area contributed by atoms with E-state index in [4.69, 9.17) is 5.11 Å². The van der Waals surface area contributed by atoms with Crippen LogP contribution < -0.4 is 0 Å². The summed E-state index contributed by atoms with van der Waals surface area (Å²) in [5.41, 5.74) is 1.35. The van der Waals surface area contributed by atoms with Gasteiger partial charge in [0.1, 0.15) is 5.52 Å². The molecule has 18 heavy (non-hydrogen) atoms. The highest BCUT2D eigenvalue weighted by molar-refractivity contribution is 5.85. The van der Waals surface area contributed by atoms with Gasteiger partial charge in [-0.2, -0.15) is 5.10 Å². The Labute approximate surface area is 100 Å². The quantitative estimate of drug-likeness (QED) is 0.696. The van der Waals surface area contributed by atoms with Crippen molar-refractivity contribution in [3.05, 3.63) is 36.0 Å². The lowest BCUT2D eigenvalue weighted by Crippen LogP contribution is -2.06. The van der Waals surface area contributed by atoms with Gasteiger partial charge in [-0.1, -0.05) is 5.21 Å². The number of fused-ring (bicyclic) bond motifs is 1. The highest BCUT2D eigenvalue weighted by atomic mass is 16.4. The number of carboxylic acids is 1. The third-order valence-corrected chi connectivity index (χ3v) is 2.42. The van der Waals surface area contributed by atoms with Gasteiger partial charge in [-0.25, -0.2) is 19.0 Å². The minimum atomic E-state index is -1.08. The van der Waals surface area contributed by atoms with Crippen molar-refractivity contribution < 1.29 is 9.90 Å². The van der Waals surface area contributed by atoms with Crippen LogP contribution in [0.15, 0.2) is 24.7 Å². The van der Waals surface area contributed by atoms with Crippen molar-refractivity contribution in [2.24, 2.45) is 0 Å². The Balaban J connectivity index is 2.23. The number of carbonyl (C=O) groups is 1. The van der Waals surface area contributed by atoms with Crippen LogP contribution in [-0.2, 0) is 0 Å². The smallest absolute Gasteiger partial charge is 0.356 e. The first kappa shape index (κ1) is 10.4. The van der Waals surface area contributed by atoms with Gasteiger partial charge in [-0.05, 0) is 13.0 Å². The summed E-state index contributed by atoms with van der Waals surface area (Å²) in [5.74, 6) is -0.587. The third-order valence-electron chi connectivity index (χ3n) is 2.42. The Kier molecular flexibility index (Phi) is 2.09. The number of hydrogen-bond acceptors (Lipinski definition) is 5. The van der Waals surface area contributed by atoms with Crippen molar-refractivity contribution in [3.63, 3.8) is 0 Å². The van der Waals surface area contributed by atoms with E-state index < -0.39 is 5.97 Å². The molecule has 0 unspecified atom stereocenters.